The molecule has 3 aromatic rings. The van der Waals surface area contributed by atoms with Crippen molar-refractivity contribution in [1.29, 1.82) is 0 Å². The summed E-state index contributed by atoms with van der Waals surface area (Å²) in [6, 6.07) is 12.7. The van der Waals surface area contributed by atoms with E-state index in [0.29, 0.717) is 17.9 Å². The lowest BCUT2D eigenvalue weighted by Crippen LogP contribution is -2.37. The van der Waals surface area contributed by atoms with E-state index in [-0.39, 0.29) is 17.9 Å². The van der Waals surface area contributed by atoms with Crippen molar-refractivity contribution >= 4 is 10.0 Å². The van der Waals surface area contributed by atoms with Crippen molar-refractivity contribution in [1.82, 2.24) is 24.5 Å². The molecule has 0 spiro atoms. The number of rotatable bonds is 8. The van der Waals surface area contributed by atoms with Gasteiger partial charge < -0.3 is 0 Å². The van der Waals surface area contributed by atoms with Crippen LogP contribution in [-0.4, -0.2) is 39.0 Å². The largest absolute Gasteiger partial charge is 0.243 e. The van der Waals surface area contributed by atoms with Gasteiger partial charge in [0.25, 0.3) is 0 Å². The molecule has 2 heterocycles. The van der Waals surface area contributed by atoms with Crippen molar-refractivity contribution in [3.63, 3.8) is 0 Å². The Morgan fingerprint density at radius 1 is 1.03 bits per heavy atom. The maximum Gasteiger partial charge on any atom is 0.243 e. The average Bonchev–Trinajstić information content (AvgIpc) is 3.42. The number of hydrogen-bond donors (Lipinski definition) is 0. The summed E-state index contributed by atoms with van der Waals surface area (Å²) in [7, 11) is -3.69. The van der Waals surface area contributed by atoms with Gasteiger partial charge in [0.1, 0.15) is 12.1 Å². The second-order valence-electron chi connectivity index (χ2n) is 8.02. The standard InChI is InChI=1S/C22H26FN5O2S/c1-17-5-12-21(13-6-17)31(29,30)28-20(4-2-3-15-27-16-24-25-26-27)11-14-22(28)18-7-9-19(23)10-8-18/h5-10,12-13,16,20,22H,2-4,11,14-15H2,1H3. The van der Waals surface area contributed by atoms with Crippen LogP contribution in [0.2, 0.25) is 0 Å². The first-order valence-corrected chi connectivity index (χ1v) is 12.0. The number of aryl methyl sites for hydroxylation is 2. The molecule has 0 aliphatic carbocycles. The summed E-state index contributed by atoms with van der Waals surface area (Å²) in [5, 5.41) is 11.1. The molecule has 0 radical (unpaired) electrons. The van der Waals surface area contributed by atoms with Gasteiger partial charge in [0.2, 0.25) is 10.0 Å². The van der Waals surface area contributed by atoms with Crippen LogP contribution in [0.25, 0.3) is 0 Å². The van der Waals surface area contributed by atoms with Crippen LogP contribution in [0.4, 0.5) is 4.39 Å². The fraction of sp³-hybridized carbons (Fsp3) is 0.409. The predicted octanol–water partition coefficient (Wildman–Crippen LogP) is 3.89. The normalized spacial score (nSPS) is 19.7. The Labute approximate surface area is 181 Å². The first-order valence-electron chi connectivity index (χ1n) is 10.5. The molecule has 0 amide bonds. The molecule has 1 aliphatic heterocycles. The summed E-state index contributed by atoms with van der Waals surface area (Å²) in [5.74, 6) is -0.325. The van der Waals surface area contributed by atoms with E-state index in [1.165, 1.54) is 12.1 Å². The first kappa shape index (κ1) is 21.6. The van der Waals surface area contributed by atoms with Crippen LogP contribution in [0.15, 0.2) is 59.8 Å². The van der Waals surface area contributed by atoms with Crippen molar-refractivity contribution in [2.45, 2.75) is 62.6 Å². The highest BCUT2D eigenvalue weighted by atomic mass is 32.2. The third kappa shape index (κ3) is 4.83. The van der Waals surface area contributed by atoms with E-state index >= 15 is 0 Å². The molecule has 0 N–H and O–H groups in total. The van der Waals surface area contributed by atoms with Crippen LogP contribution in [0.5, 0.6) is 0 Å². The van der Waals surface area contributed by atoms with Gasteiger partial charge in [-0.25, -0.2) is 17.5 Å². The highest BCUT2D eigenvalue weighted by molar-refractivity contribution is 7.89. The molecule has 1 fully saturated rings. The number of sulfonamides is 1. The van der Waals surface area contributed by atoms with Gasteiger partial charge in [-0.05, 0) is 72.9 Å². The number of unbranched alkanes of at least 4 members (excludes halogenated alkanes) is 1. The van der Waals surface area contributed by atoms with E-state index in [2.05, 4.69) is 15.5 Å². The number of aromatic nitrogens is 4. The van der Waals surface area contributed by atoms with E-state index in [1.54, 1.807) is 39.6 Å². The summed E-state index contributed by atoms with van der Waals surface area (Å²) >= 11 is 0. The Kier molecular flexibility index (Phi) is 6.43. The van der Waals surface area contributed by atoms with Crippen molar-refractivity contribution in [3.05, 3.63) is 71.8 Å². The Bertz CT molecular complexity index is 1090. The van der Waals surface area contributed by atoms with Crippen LogP contribution in [-0.2, 0) is 16.6 Å². The fourth-order valence-corrected chi connectivity index (χ4v) is 6.15. The Morgan fingerprint density at radius 2 is 1.77 bits per heavy atom. The minimum absolute atomic E-state index is 0.102. The third-order valence-electron chi connectivity index (χ3n) is 5.86. The molecule has 7 nitrogen and oxygen atoms in total. The van der Waals surface area contributed by atoms with Crippen molar-refractivity contribution < 1.29 is 12.8 Å². The summed E-state index contributed by atoms with van der Waals surface area (Å²) in [6.07, 6.45) is 5.55. The third-order valence-corrected chi connectivity index (χ3v) is 7.83. The number of halogens is 1. The molecule has 2 atom stereocenters. The number of benzene rings is 2. The van der Waals surface area contributed by atoms with Crippen LogP contribution in [0, 0.1) is 12.7 Å². The molecule has 4 rings (SSSR count). The van der Waals surface area contributed by atoms with Gasteiger partial charge in [-0.3, -0.25) is 0 Å². The quantitative estimate of drug-likeness (QED) is 0.494. The molecular formula is C22H26FN5O2S. The lowest BCUT2D eigenvalue weighted by Gasteiger charge is -2.30. The fourth-order valence-electron chi connectivity index (χ4n) is 4.26. The lowest BCUT2D eigenvalue weighted by molar-refractivity contribution is 0.305. The number of nitrogens with zero attached hydrogens (tertiary/aromatic N) is 5. The molecule has 0 bridgehead atoms. The first-order chi connectivity index (χ1) is 14.9. The minimum Gasteiger partial charge on any atom is -0.233 e. The topological polar surface area (TPSA) is 81.0 Å². The molecule has 1 aliphatic rings. The van der Waals surface area contributed by atoms with E-state index in [0.717, 1.165) is 36.8 Å². The summed E-state index contributed by atoms with van der Waals surface area (Å²) in [5.41, 5.74) is 1.84. The molecule has 2 aromatic carbocycles. The van der Waals surface area contributed by atoms with Gasteiger partial charge in [0.15, 0.2) is 0 Å². The molecule has 9 heteroatoms. The molecule has 1 saturated heterocycles. The maximum absolute atomic E-state index is 13.6. The van der Waals surface area contributed by atoms with E-state index in [9.17, 15) is 12.8 Å². The second-order valence-corrected chi connectivity index (χ2v) is 9.86. The van der Waals surface area contributed by atoms with Crippen LogP contribution in [0.1, 0.15) is 49.3 Å². The Morgan fingerprint density at radius 3 is 2.45 bits per heavy atom. The minimum atomic E-state index is -3.69. The highest BCUT2D eigenvalue weighted by Gasteiger charge is 2.42. The highest BCUT2D eigenvalue weighted by Crippen LogP contribution is 2.42. The van der Waals surface area contributed by atoms with Gasteiger partial charge in [-0.2, -0.15) is 4.31 Å². The number of hydrogen-bond acceptors (Lipinski definition) is 5. The zero-order valence-electron chi connectivity index (χ0n) is 17.4. The molecule has 164 valence electrons. The van der Waals surface area contributed by atoms with E-state index in [4.69, 9.17) is 0 Å². The average molecular weight is 444 g/mol. The van der Waals surface area contributed by atoms with E-state index in [1.807, 2.05) is 19.1 Å². The monoisotopic (exact) mass is 443 g/mol. The summed E-state index contributed by atoms with van der Waals surface area (Å²) in [4.78, 5) is 0.297. The van der Waals surface area contributed by atoms with E-state index < -0.39 is 10.0 Å². The second kappa shape index (κ2) is 9.23. The Balaban J connectivity index is 1.56. The number of tetrazole rings is 1. The summed E-state index contributed by atoms with van der Waals surface area (Å²) in [6.45, 7) is 2.63. The van der Waals surface area contributed by atoms with Crippen LogP contribution >= 0.6 is 0 Å². The molecule has 1 aromatic heterocycles. The van der Waals surface area contributed by atoms with Gasteiger partial charge in [-0.1, -0.05) is 36.2 Å². The van der Waals surface area contributed by atoms with Gasteiger partial charge in [-0.15, -0.1) is 5.10 Å². The van der Waals surface area contributed by atoms with Crippen molar-refractivity contribution in [2.24, 2.45) is 0 Å². The zero-order chi connectivity index (χ0) is 21.8. The molecule has 2 unspecified atom stereocenters. The van der Waals surface area contributed by atoms with Gasteiger partial charge in [0.05, 0.1) is 10.9 Å². The van der Waals surface area contributed by atoms with Crippen LogP contribution in [0.3, 0.4) is 0 Å². The SMILES string of the molecule is Cc1ccc(S(=O)(=O)N2C(CCCCn3cnnn3)CCC2c2ccc(F)cc2)cc1. The van der Waals surface area contributed by atoms with Crippen molar-refractivity contribution in [3.8, 4) is 0 Å². The van der Waals surface area contributed by atoms with Crippen LogP contribution < -0.4 is 0 Å². The smallest absolute Gasteiger partial charge is 0.233 e. The van der Waals surface area contributed by atoms with Gasteiger partial charge >= 0.3 is 0 Å². The zero-order valence-corrected chi connectivity index (χ0v) is 18.2. The summed E-state index contributed by atoms with van der Waals surface area (Å²) < 4.78 is 44.1. The molecular weight excluding hydrogens is 417 g/mol. The lowest BCUT2D eigenvalue weighted by atomic mass is 10.0. The van der Waals surface area contributed by atoms with Gasteiger partial charge in [0, 0.05) is 12.6 Å². The maximum atomic E-state index is 13.6. The molecule has 31 heavy (non-hydrogen) atoms. The predicted molar refractivity (Wildman–Crippen MR) is 114 cm³/mol. The van der Waals surface area contributed by atoms with Crippen molar-refractivity contribution in [2.75, 3.05) is 0 Å². The Hall–Kier alpha value is -2.65. The molecule has 0 saturated carbocycles.